The summed E-state index contributed by atoms with van der Waals surface area (Å²) < 4.78 is 1.17. The Morgan fingerprint density at radius 2 is 2.00 bits per heavy atom. The molecule has 1 saturated carbocycles. The summed E-state index contributed by atoms with van der Waals surface area (Å²) in [5.74, 6) is 0.868. The first-order valence-corrected chi connectivity index (χ1v) is 6.99. The first kappa shape index (κ1) is 12.1. The third-order valence-corrected chi connectivity index (χ3v) is 4.16. The molecule has 1 aromatic carbocycles. The number of hydrogen-bond donors (Lipinski definition) is 1. The van der Waals surface area contributed by atoms with E-state index in [9.17, 15) is 0 Å². The lowest BCUT2D eigenvalue weighted by atomic mass is 9.82. The summed E-state index contributed by atoms with van der Waals surface area (Å²) in [7, 11) is 2.09. The largest absolute Gasteiger partial charge is 0.317 e. The smallest absolute Gasteiger partial charge is 0.0175 e. The molecule has 16 heavy (non-hydrogen) atoms. The van der Waals surface area contributed by atoms with Crippen LogP contribution in [-0.2, 0) is 6.42 Å². The Bertz CT molecular complexity index is 320. The Morgan fingerprint density at radius 3 is 2.69 bits per heavy atom. The first-order chi connectivity index (χ1) is 7.78. The van der Waals surface area contributed by atoms with Crippen LogP contribution in [0.5, 0.6) is 0 Å². The third-order valence-electron chi connectivity index (χ3n) is 3.63. The highest BCUT2D eigenvalue weighted by molar-refractivity contribution is 9.10. The van der Waals surface area contributed by atoms with Crippen molar-refractivity contribution in [1.82, 2.24) is 5.32 Å². The second-order valence-corrected chi connectivity index (χ2v) is 5.76. The van der Waals surface area contributed by atoms with Gasteiger partial charge >= 0.3 is 0 Å². The monoisotopic (exact) mass is 281 g/mol. The SMILES string of the molecule is CNC1CCCC(Cc2ccc(Br)cc2)C1. The van der Waals surface area contributed by atoms with Gasteiger partial charge in [0.25, 0.3) is 0 Å². The summed E-state index contributed by atoms with van der Waals surface area (Å²) >= 11 is 3.48. The van der Waals surface area contributed by atoms with Crippen molar-refractivity contribution in [1.29, 1.82) is 0 Å². The summed E-state index contributed by atoms with van der Waals surface area (Å²) in [4.78, 5) is 0. The van der Waals surface area contributed by atoms with Gasteiger partial charge in [-0.1, -0.05) is 40.9 Å². The van der Waals surface area contributed by atoms with Gasteiger partial charge in [-0.05, 0) is 49.9 Å². The Morgan fingerprint density at radius 1 is 1.25 bits per heavy atom. The molecule has 0 radical (unpaired) electrons. The van der Waals surface area contributed by atoms with E-state index in [1.807, 2.05) is 0 Å². The average Bonchev–Trinajstić information content (AvgIpc) is 2.32. The Labute approximate surface area is 107 Å². The number of halogens is 1. The van der Waals surface area contributed by atoms with E-state index in [1.165, 1.54) is 42.1 Å². The highest BCUT2D eigenvalue weighted by atomic mass is 79.9. The second-order valence-electron chi connectivity index (χ2n) is 4.85. The van der Waals surface area contributed by atoms with Crippen LogP contribution in [0.15, 0.2) is 28.7 Å². The van der Waals surface area contributed by atoms with Crippen molar-refractivity contribution in [2.45, 2.75) is 38.1 Å². The van der Waals surface area contributed by atoms with Gasteiger partial charge in [-0.15, -0.1) is 0 Å². The van der Waals surface area contributed by atoms with Gasteiger partial charge in [0, 0.05) is 10.5 Å². The van der Waals surface area contributed by atoms with Gasteiger partial charge in [-0.3, -0.25) is 0 Å². The van der Waals surface area contributed by atoms with Crippen LogP contribution in [0.25, 0.3) is 0 Å². The van der Waals surface area contributed by atoms with E-state index in [0.29, 0.717) is 0 Å². The van der Waals surface area contributed by atoms with Gasteiger partial charge < -0.3 is 5.32 Å². The molecule has 88 valence electrons. The molecule has 0 heterocycles. The fourth-order valence-electron chi connectivity index (χ4n) is 2.69. The van der Waals surface area contributed by atoms with Gasteiger partial charge in [-0.25, -0.2) is 0 Å². The maximum absolute atomic E-state index is 3.48. The topological polar surface area (TPSA) is 12.0 Å². The summed E-state index contributed by atoms with van der Waals surface area (Å²) in [5.41, 5.74) is 1.48. The molecule has 1 aliphatic carbocycles. The van der Waals surface area contributed by atoms with Crippen LogP contribution in [0.3, 0.4) is 0 Å². The van der Waals surface area contributed by atoms with Crippen molar-refractivity contribution in [3.63, 3.8) is 0 Å². The molecule has 0 saturated heterocycles. The van der Waals surface area contributed by atoms with Crippen molar-refractivity contribution >= 4 is 15.9 Å². The fraction of sp³-hybridized carbons (Fsp3) is 0.571. The maximum atomic E-state index is 3.48. The van der Waals surface area contributed by atoms with E-state index in [0.717, 1.165) is 12.0 Å². The van der Waals surface area contributed by atoms with Gasteiger partial charge in [0.15, 0.2) is 0 Å². The Balaban J connectivity index is 1.91. The minimum absolute atomic E-state index is 0.745. The predicted octanol–water partition coefficient (Wildman–Crippen LogP) is 3.77. The van der Waals surface area contributed by atoms with E-state index >= 15 is 0 Å². The van der Waals surface area contributed by atoms with E-state index in [1.54, 1.807) is 0 Å². The van der Waals surface area contributed by atoms with Crippen LogP contribution in [0, 0.1) is 5.92 Å². The van der Waals surface area contributed by atoms with Crippen LogP contribution in [0.4, 0.5) is 0 Å². The van der Waals surface area contributed by atoms with Gasteiger partial charge in [0.05, 0.1) is 0 Å². The molecular weight excluding hydrogens is 262 g/mol. The molecule has 0 bridgehead atoms. The maximum Gasteiger partial charge on any atom is 0.0175 e. The minimum atomic E-state index is 0.745. The standard InChI is InChI=1S/C14H20BrN/c1-16-14-4-2-3-12(10-14)9-11-5-7-13(15)8-6-11/h5-8,12,14,16H,2-4,9-10H2,1H3. The van der Waals surface area contributed by atoms with Crippen molar-refractivity contribution < 1.29 is 0 Å². The number of hydrogen-bond acceptors (Lipinski definition) is 1. The van der Waals surface area contributed by atoms with Gasteiger partial charge in [-0.2, -0.15) is 0 Å². The van der Waals surface area contributed by atoms with E-state index < -0.39 is 0 Å². The lowest BCUT2D eigenvalue weighted by Gasteiger charge is -2.28. The molecule has 1 aliphatic rings. The summed E-state index contributed by atoms with van der Waals surface area (Å²) in [6.45, 7) is 0. The minimum Gasteiger partial charge on any atom is -0.317 e. The predicted molar refractivity (Wildman–Crippen MR) is 72.7 cm³/mol. The third kappa shape index (κ3) is 3.33. The van der Waals surface area contributed by atoms with Gasteiger partial charge in [0.2, 0.25) is 0 Å². The lowest BCUT2D eigenvalue weighted by Crippen LogP contribution is -2.31. The molecule has 0 spiro atoms. The zero-order chi connectivity index (χ0) is 11.4. The van der Waals surface area contributed by atoms with Crippen LogP contribution >= 0.6 is 15.9 Å². The molecule has 2 heteroatoms. The van der Waals surface area contributed by atoms with Crippen molar-refractivity contribution in [2.24, 2.45) is 5.92 Å². The van der Waals surface area contributed by atoms with Crippen LogP contribution in [0.2, 0.25) is 0 Å². The zero-order valence-corrected chi connectivity index (χ0v) is 11.5. The van der Waals surface area contributed by atoms with Crippen LogP contribution in [0.1, 0.15) is 31.2 Å². The molecule has 2 atom stereocenters. The van der Waals surface area contributed by atoms with Crippen molar-refractivity contribution in [3.8, 4) is 0 Å². The number of rotatable bonds is 3. The average molecular weight is 282 g/mol. The zero-order valence-electron chi connectivity index (χ0n) is 9.88. The second kappa shape index (κ2) is 5.83. The summed E-state index contributed by atoms with van der Waals surface area (Å²) in [6.07, 6.45) is 6.71. The van der Waals surface area contributed by atoms with Gasteiger partial charge in [0.1, 0.15) is 0 Å². The van der Waals surface area contributed by atoms with Crippen LogP contribution in [-0.4, -0.2) is 13.1 Å². The number of nitrogens with one attached hydrogen (secondary N) is 1. The number of benzene rings is 1. The lowest BCUT2D eigenvalue weighted by molar-refractivity contribution is 0.294. The van der Waals surface area contributed by atoms with Crippen LogP contribution < -0.4 is 5.32 Å². The Kier molecular flexibility index (Phi) is 4.42. The van der Waals surface area contributed by atoms with Crippen molar-refractivity contribution in [3.05, 3.63) is 34.3 Å². The quantitative estimate of drug-likeness (QED) is 0.890. The molecule has 0 amide bonds. The van der Waals surface area contributed by atoms with E-state index in [4.69, 9.17) is 0 Å². The fourth-order valence-corrected chi connectivity index (χ4v) is 2.96. The summed E-state index contributed by atoms with van der Waals surface area (Å²) in [5, 5.41) is 3.42. The normalized spacial score (nSPS) is 25.6. The molecule has 1 N–H and O–H groups in total. The molecule has 2 unspecified atom stereocenters. The molecule has 1 nitrogen and oxygen atoms in total. The highest BCUT2D eigenvalue weighted by Crippen LogP contribution is 2.27. The molecular formula is C14H20BrN. The summed E-state index contributed by atoms with van der Waals surface area (Å²) in [6, 6.07) is 9.52. The van der Waals surface area contributed by atoms with Crippen molar-refractivity contribution in [2.75, 3.05) is 7.05 Å². The van der Waals surface area contributed by atoms with E-state index in [-0.39, 0.29) is 0 Å². The highest BCUT2D eigenvalue weighted by Gasteiger charge is 2.20. The molecule has 2 rings (SSSR count). The molecule has 1 fully saturated rings. The molecule has 0 aliphatic heterocycles. The molecule has 1 aromatic rings. The molecule has 0 aromatic heterocycles. The first-order valence-electron chi connectivity index (χ1n) is 6.19. The Hall–Kier alpha value is -0.340. The van der Waals surface area contributed by atoms with E-state index in [2.05, 4.69) is 52.6 Å².